The Balaban J connectivity index is 1.26. The van der Waals surface area contributed by atoms with Gasteiger partial charge < -0.3 is 20.7 Å². The lowest BCUT2D eigenvalue weighted by Gasteiger charge is -2.21. The summed E-state index contributed by atoms with van der Waals surface area (Å²) in [6, 6.07) is 23.0. The number of fused-ring (bicyclic) bond motifs is 1. The molecule has 5 rings (SSSR count). The van der Waals surface area contributed by atoms with Crippen molar-refractivity contribution in [2.45, 2.75) is 12.6 Å². The molecule has 0 spiro atoms. The van der Waals surface area contributed by atoms with E-state index in [0.29, 0.717) is 25.5 Å². The number of carbonyl (C=O) groups excluding carboxylic acids is 1. The van der Waals surface area contributed by atoms with Crippen LogP contribution in [-0.4, -0.2) is 34.3 Å². The molecule has 38 heavy (non-hydrogen) atoms. The van der Waals surface area contributed by atoms with Crippen LogP contribution >= 0.6 is 0 Å². The molecule has 0 radical (unpaired) electrons. The molecule has 190 valence electrons. The van der Waals surface area contributed by atoms with Crippen LogP contribution in [0.5, 0.6) is 0 Å². The van der Waals surface area contributed by atoms with Crippen molar-refractivity contribution >= 4 is 23.9 Å². The average Bonchev–Trinajstić information content (AvgIpc) is 2.97. The van der Waals surface area contributed by atoms with Gasteiger partial charge in [0.2, 0.25) is 0 Å². The summed E-state index contributed by atoms with van der Waals surface area (Å²) in [5, 5.41) is 20.3. The fraction of sp³-hybridized carbons (Fsp3) is 0.138. The fourth-order valence-electron chi connectivity index (χ4n) is 4.31. The van der Waals surface area contributed by atoms with Gasteiger partial charge in [0.05, 0.1) is 16.3 Å². The Morgan fingerprint density at radius 3 is 2.53 bits per heavy atom. The molecule has 0 saturated heterocycles. The summed E-state index contributed by atoms with van der Waals surface area (Å²) in [7, 11) is 0. The molecule has 9 nitrogen and oxygen atoms in total. The minimum absolute atomic E-state index is 0.0303. The molecule has 0 saturated carbocycles. The third kappa shape index (κ3) is 5.58. The molecule has 4 aromatic rings. The van der Waals surface area contributed by atoms with Gasteiger partial charge in [-0.25, -0.2) is 9.97 Å². The first kappa shape index (κ1) is 24.8. The predicted molar refractivity (Wildman–Crippen MR) is 147 cm³/mol. The van der Waals surface area contributed by atoms with Crippen molar-refractivity contribution in [2.24, 2.45) is 0 Å². The summed E-state index contributed by atoms with van der Waals surface area (Å²) in [5.74, 6) is 0.596. The normalized spacial score (nSPS) is 13.8. The summed E-state index contributed by atoms with van der Waals surface area (Å²) < 4.78 is 0. The van der Waals surface area contributed by atoms with Crippen LogP contribution in [0, 0.1) is 10.1 Å². The molecule has 2 aromatic carbocycles. The van der Waals surface area contributed by atoms with E-state index in [1.54, 1.807) is 12.3 Å². The first-order valence-electron chi connectivity index (χ1n) is 12.2. The zero-order valence-corrected chi connectivity index (χ0v) is 20.5. The number of nitrogens with zero attached hydrogens (tertiary/aromatic N) is 3. The van der Waals surface area contributed by atoms with Crippen molar-refractivity contribution in [1.29, 1.82) is 0 Å². The average molecular weight is 507 g/mol. The second-order valence-electron chi connectivity index (χ2n) is 8.80. The van der Waals surface area contributed by atoms with E-state index in [1.807, 2.05) is 36.4 Å². The van der Waals surface area contributed by atoms with Crippen LogP contribution < -0.4 is 16.0 Å². The number of anilines is 1. The lowest BCUT2D eigenvalue weighted by molar-refractivity contribution is -0.385. The van der Waals surface area contributed by atoms with Gasteiger partial charge in [0.25, 0.3) is 5.69 Å². The van der Waals surface area contributed by atoms with Gasteiger partial charge in [0.15, 0.2) is 0 Å². The second kappa shape index (κ2) is 11.4. The Hall–Kier alpha value is -4.89. The monoisotopic (exact) mass is 506 g/mol. The Labute approximate surface area is 219 Å². The molecule has 1 aliphatic heterocycles. The highest BCUT2D eigenvalue weighted by atomic mass is 16.6. The molecule has 2 aromatic heterocycles. The molecule has 0 amide bonds. The van der Waals surface area contributed by atoms with Gasteiger partial charge in [0, 0.05) is 42.4 Å². The van der Waals surface area contributed by atoms with Crippen molar-refractivity contribution < 1.29 is 9.72 Å². The van der Waals surface area contributed by atoms with Crippen LogP contribution in [0.4, 0.5) is 11.5 Å². The molecule has 0 bridgehead atoms. The molecule has 9 heteroatoms. The standard InChI is InChI=1S/C29H26N6O3/c36-19-27-25-16-24(21-4-2-1-3-5-21)29(34-26(25)12-13-31-27)22-8-6-20(7-9-22)17-30-14-15-32-28-11-10-23(18-33-28)35(37)38/h1-13,16,18-19,27,30-31H,14-15,17H2,(H,32,33). The van der Waals surface area contributed by atoms with E-state index < -0.39 is 11.0 Å². The van der Waals surface area contributed by atoms with Crippen LogP contribution in [-0.2, 0) is 11.3 Å². The highest BCUT2D eigenvalue weighted by Crippen LogP contribution is 2.35. The van der Waals surface area contributed by atoms with Crippen molar-refractivity contribution in [1.82, 2.24) is 20.6 Å². The van der Waals surface area contributed by atoms with E-state index in [0.717, 1.165) is 45.5 Å². The first-order chi connectivity index (χ1) is 18.6. The molecule has 1 aliphatic rings. The van der Waals surface area contributed by atoms with Crippen LogP contribution in [0.15, 0.2) is 85.2 Å². The number of pyridine rings is 2. The maximum atomic E-state index is 11.6. The van der Waals surface area contributed by atoms with E-state index >= 15 is 0 Å². The number of nitrogens with one attached hydrogen (secondary N) is 3. The summed E-state index contributed by atoms with van der Waals surface area (Å²) in [5.41, 5.74) is 6.63. The quantitative estimate of drug-likeness (QED) is 0.122. The molecule has 3 heterocycles. The lowest BCUT2D eigenvalue weighted by atomic mass is 9.93. The molecule has 1 atom stereocenters. The SMILES string of the molecule is O=CC1NC=Cc2nc(-c3ccc(CNCCNc4ccc([N+](=O)[O-])cn4)cc3)c(-c3ccccc3)cc21. The molecule has 0 fully saturated rings. The Bertz CT molecular complexity index is 1450. The number of hydrogen-bond donors (Lipinski definition) is 3. The van der Waals surface area contributed by atoms with Crippen molar-refractivity contribution in [3.8, 4) is 22.4 Å². The number of carbonyl (C=O) groups is 1. The van der Waals surface area contributed by atoms with Gasteiger partial charge in [-0.3, -0.25) is 10.1 Å². The minimum atomic E-state index is -0.467. The van der Waals surface area contributed by atoms with Crippen molar-refractivity contribution in [3.63, 3.8) is 0 Å². The zero-order valence-electron chi connectivity index (χ0n) is 20.5. The molecule has 1 unspecified atom stereocenters. The van der Waals surface area contributed by atoms with Crippen LogP contribution in [0.3, 0.4) is 0 Å². The van der Waals surface area contributed by atoms with Crippen LogP contribution in [0.25, 0.3) is 28.5 Å². The lowest BCUT2D eigenvalue weighted by Crippen LogP contribution is -2.22. The summed E-state index contributed by atoms with van der Waals surface area (Å²) >= 11 is 0. The van der Waals surface area contributed by atoms with Gasteiger partial charge in [-0.1, -0.05) is 54.6 Å². The number of aldehydes is 1. The minimum Gasteiger partial charge on any atom is -0.378 e. The third-order valence-electron chi connectivity index (χ3n) is 6.28. The summed E-state index contributed by atoms with van der Waals surface area (Å²) in [4.78, 5) is 30.9. The number of hydrogen-bond acceptors (Lipinski definition) is 8. The number of benzene rings is 2. The smallest absolute Gasteiger partial charge is 0.287 e. The largest absolute Gasteiger partial charge is 0.378 e. The van der Waals surface area contributed by atoms with Crippen molar-refractivity contribution in [3.05, 3.63) is 112 Å². The van der Waals surface area contributed by atoms with Gasteiger partial charge in [-0.15, -0.1) is 0 Å². The van der Waals surface area contributed by atoms with Crippen LogP contribution in [0.2, 0.25) is 0 Å². The maximum absolute atomic E-state index is 11.6. The maximum Gasteiger partial charge on any atom is 0.287 e. The van der Waals surface area contributed by atoms with Gasteiger partial charge in [0.1, 0.15) is 24.3 Å². The third-order valence-corrected chi connectivity index (χ3v) is 6.28. The predicted octanol–water partition coefficient (Wildman–Crippen LogP) is 4.73. The number of aromatic nitrogens is 2. The molecule has 3 N–H and O–H groups in total. The van der Waals surface area contributed by atoms with Gasteiger partial charge >= 0.3 is 0 Å². The van der Waals surface area contributed by atoms with Crippen LogP contribution in [0.1, 0.15) is 22.9 Å². The van der Waals surface area contributed by atoms with E-state index in [-0.39, 0.29) is 5.69 Å². The van der Waals surface area contributed by atoms with E-state index in [9.17, 15) is 14.9 Å². The molecular weight excluding hydrogens is 480 g/mol. The van der Waals surface area contributed by atoms with E-state index in [2.05, 4.69) is 51.3 Å². The highest BCUT2D eigenvalue weighted by molar-refractivity contribution is 5.84. The first-order valence-corrected chi connectivity index (χ1v) is 12.2. The zero-order chi connectivity index (χ0) is 26.3. The van der Waals surface area contributed by atoms with Gasteiger partial charge in [-0.05, 0) is 35.5 Å². The highest BCUT2D eigenvalue weighted by Gasteiger charge is 2.21. The summed E-state index contributed by atoms with van der Waals surface area (Å²) in [6.07, 6.45) is 5.80. The Morgan fingerprint density at radius 1 is 1.00 bits per heavy atom. The number of nitro groups is 1. The van der Waals surface area contributed by atoms with E-state index in [1.165, 1.54) is 12.3 Å². The number of rotatable bonds is 10. The topological polar surface area (TPSA) is 122 Å². The Kier molecular flexibility index (Phi) is 7.47. The molecule has 0 aliphatic carbocycles. The van der Waals surface area contributed by atoms with Crippen molar-refractivity contribution in [2.75, 3.05) is 18.4 Å². The second-order valence-corrected chi connectivity index (χ2v) is 8.80. The summed E-state index contributed by atoms with van der Waals surface area (Å²) in [6.45, 7) is 2.02. The van der Waals surface area contributed by atoms with Gasteiger partial charge in [-0.2, -0.15) is 0 Å². The molecular formula is C29H26N6O3. The Morgan fingerprint density at radius 2 is 1.82 bits per heavy atom. The fourth-order valence-corrected chi connectivity index (χ4v) is 4.31. The van der Waals surface area contributed by atoms with E-state index in [4.69, 9.17) is 4.98 Å².